The summed E-state index contributed by atoms with van der Waals surface area (Å²) in [6.07, 6.45) is -3.06. The zero-order chi connectivity index (χ0) is 20.7. The molecule has 0 aliphatic carbocycles. The Morgan fingerprint density at radius 3 is 2.57 bits per heavy atom. The van der Waals surface area contributed by atoms with E-state index in [1.165, 1.54) is 0 Å². The van der Waals surface area contributed by atoms with Crippen molar-refractivity contribution >= 4 is 29.4 Å². The quantitative estimate of drug-likeness (QED) is 0.757. The van der Waals surface area contributed by atoms with Crippen LogP contribution in [0.1, 0.15) is 37.7 Å². The van der Waals surface area contributed by atoms with Crippen molar-refractivity contribution in [2.45, 2.75) is 39.9 Å². The van der Waals surface area contributed by atoms with Crippen LogP contribution in [-0.2, 0) is 23.9 Å². The number of anilines is 2. The molecular weight excluding hydrogens is 397 g/mol. The van der Waals surface area contributed by atoms with Gasteiger partial charge in [0.2, 0.25) is 17.8 Å². The van der Waals surface area contributed by atoms with E-state index in [2.05, 4.69) is 25.3 Å². The van der Waals surface area contributed by atoms with Crippen LogP contribution in [0.2, 0.25) is 5.15 Å². The highest BCUT2D eigenvalue weighted by Crippen LogP contribution is 2.30. The van der Waals surface area contributed by atoms with Crippen LogP contribution in [0.15, 0.2) is 12.3 Å². The van der Waals surface area contributed by atoms with E-state index in [0.717, 1.165) is 12.3 Å². The van der Waals surface area contributed by atoms with Crippen LogP contribution in [-0.4, -0.2) is 32.4 Å². The largest absolute Gasteiger partial charge is 0.433 e. The van der Waals surface area contributed by atoms with Crippen molar-refractivity contribution in [2.24, 2.45) is 5.41 Å². The fourth-order valence-corrected chi connectivity index (χ4v) is 2.84. The average molecular weight is 415 g/mol. The highest BCUT2D eigenvalue weighted by molar-refractivity contribution is 6.30. The van der Waals surface area contributed by atoms with E-state index < -0.39 is 17.3 Å². The lowest BCUT2D eigenvalue weighted by Crippen LogP contribution is -2.34. The summed E-state index contributed by atoms with van der Waals surface area (Å²) in [4.78, 5) is 29.7. The molecule has 1 amide bonds. The summed E-state index contributed by atoms with van der Waals surface area (Å²) in [5, 5.41) is 2.82. The Labute approximate surface area is 164 Å². The van der Waals surface area contributed by atoms with Gasteiger partial charge in [-0.1, -0.05) is 32.4 Å². The molecule has 0 aromatic carbocycles. The lowest BCUT2D eigenvalue weighted by Gasteiger charge is -2.29. The van der Waals surface area contributed by atoms with E-state index in [0.29, 0.717) is 24.2 Å². The molecule has 2 aromatic rings. The smallest absolute Gasteiger partial charge is 0.335 e. The van der Waals surface area contributed by atoms with E-state index in [9.17, 15) is 18.0 Å². The minimum absolute atomic E-state index is 0.0458. The number of hydrogen-bond acceptors (Lipinski definition) is 6. The zero-order valence-electron chi connectivity index (χ0n) is 15.4. The zero-order valence-corrected chi connectivity index (χ0v) is 16.2. The van der Waals surface area contributed by atoms with Gasteiger partial charge in [0.15, 0.2) is 0 Å². The molecule has 1 aliphatic rings. The van der Waals surface area contributed by atoms with E-state index in [4.69, 9.17) is 11.6 Å². The van der Waals surface area contributed by atoms with Gasteiger partial charge < -0.3 is 4.90 Å². The van der Waals surface area contributed by atoms with E-state index in [1.807, 2.05) is 0 Å². The van der Waals surface area contributed by atoms with Crippen molar-refractivity contribution in [3.05, 3.63) is 34.4 Å². The second-order valence-electron chi connectivity index (χ2n) is 7.38. The first-order valence-corrected chi connectivity index (χ1v) is 8.85. The summed E-state index contributed by atoms with van der Waals surface area (Å²) in [5.41, 5.74) is -0.457. The summed E-state index contributed by atoms with van der Waals surface area (Å²) in [6, 6.07) is 0.820. The molecule has 3 heterocycles. The van der Waals surface area contributed by atoms with E-state index >= 15 is 0 Å². The Balaban J connectivity index is 1.87. The van der Waals surface area contributed by atoms with Crippen molar-refractivity contribution in [2.75, 3.05) is 16.8 Å². The molecule has 0 saturated heterocycles. The molecule has 0 bridgehead atoms. The summed E-state index contributed by atoms with van der Waals surface area (Å²) in [7, 11) is 0. The molecule has 11 heteroatoms. The molecule has 3 rings (SSSR count). The third-order valence-electron chi connectivity index (χ3n) is 4.14. The second-order valence-corrected chi connectivity index (χ2v) is 7.74. The standard InChI is InChI=1S/C17H18ClF3N6O/c1-16(2,3)13(28)26-14-23-10-8-27(7-5-9(10)12(18)25-14)15-22-6-4-11(24-15)17(19,20)21/h4,6H,5,7-8H2,1-3H3,(H,23,25,26,28). The van der Waals surface area contributed by atoms with Crippen LogP contribution in [0, 0.1) is 5.41 Å². The Hall–Kier alpha value is -2.49. The molecule has 0 spiro atoms. The number of hydrogen-bond donors (Lipinski definition) is 1. The maximum Gasteiger partial charge on any atom is 0.433 e. The van der Waals surface area contributed by atoms with E-state index in [1.54, 1.807) is 25.7 Å². The van der Waals surface area contributed by atoms with Crippen LogP contribution < -0.4 is 10.2 Å². The summed E-state index contributed by atoms with van der Waals surface area (Å²) < 4.78 is 38.7. The summed E-state index contributed by atoms with van der Waals surface area (Å²) in [6.45, 7) is 5.75. The van der Waals surface area contributed by atoms with Crippen LogP contribution in [0.5, 0.6) is 0 Å². The van der Waals surface area contributed by atoms with Gasteiger partial charge >= 0.3 is 6.18 Å². The Morgan fingerprint density at radius 1 is 1.21 bits per heavy atom. The SMILES string of the molecule is CC(C)(C)C(=O)Nc1nc(Cl)c2c(n1)CN(c1nccc(C(F)(F)F)n1)CC2. The van der Waals surface area contributed by atoms with Crippen molar-refractivity contribution < 1.29 is 18.0 Å². The summed E-state index contributed by atoms with van der Waals surface area (Å²) in [5.74, 6) is -0.275. The van der Waals surface area contributed by atoms with Crippen molar-refractivity contribution in [3.63, 3.8) is 0 Å². The third-order valence-corrected chi connectivity index (χ3v) is 4.45. The van der Waals surface area contributed by atoms with Crippen LogP contribution in [0.4, 0.5) is 25.1 Å². The molecule has 1 N–H and O–H groups in total. The Morgan fingerprint density at radius 2 is 1.93 bits per heavy atom. The molecule has 0 saturated carbocycles. The molecule has 2 aromatic heterocycles. The number of nitrogens with one attached hydrogen (secondary N) is 1. The number of aromatic nitrogens is 4. The van der Waals surface area contributed by atoms with Crippen molar-refractivity contribution in [1.29, 1.82) is 0 Å². The maximum atomic E-state index is 12.9. The molecule has 1 aliphatic heterocycles. The predicted octanol–water partition coefficient (Wildman–Crippen LogP) is 3.49. The van der Waals surface area contributed by atoms with Crippen LogP contribution in [0.25, 0.3) is 0 Å². The highest BCUT2D eigenvalue weighted by Gasteiger charge is 2.34. The molecular formula is C17H18ClF3N6O. The molecule has 0 atom stereocenters. The number of amides is 1. The Bertz CT molecular complexity index is 913. The van der Waals surface area contributed by atoms with Gasteiger partial charge in [-0.05, 0) is 12.5 Å². The average Bonchev–Trinajstić information content (AvgIpc) is 2.60. The number of halogens is 4. The molecule has 28 heavy (non-hydrogen) atoms. The Kier molecular flexibility index (Phi) is 5.18. The minimum atomic E-state index is -4.55. The number of nitrogens with zero attached hydrogens (tertiary/aromatic N) is 5. The molecule has 7 nitrogen and oxygen atoms in total. The first-order valence-electron chi connectivity index (χ1n) is 8.47. The summed E-state index contributed by atoms with van der Waals surface area (Å²) >= 11 is 6.22. The lowest BCUT2D eigenvalue weighted by atomic mass is 9.96. The topological polar surface area (TPSA) is 83.9 Å². The number of fused-ring (bicyclic) bond motifs is 1. The fraction of sp³-hybridized carbons (Fsp3) is 0.471. The van der Waals surface area contributed by atoms with Crippen molar-refractivity contribution in [1.82, 2.24) is 19.9 Å². The minimum Gasteiger partial charge on any atom is -0.335 e. The number of alkyl halides is 3. The van der Waals surface area contributed by atoms with Gasteiger partial charge in [-0.25, -0.2) is 19.9 Å². The third kappa shape index (κ3) is 4.32. The van der Waals surface area contributed by atoms with Gasteiger partial charge in [0.25, 0.3) is 0 Å². The maximum absolute atomic E-state index is 12.9. The number of carbonyl (C=O) groups is 1. The van der Waals surface area contributed by atoms with Gasteiger partial charge in [-0.2, -0.15) is 13.2 Å². The van der Waals surface area contributed by atoms with Crippen molar-refractivity contribution in [3.8, 4) is 0 Å². The fourth-order valence-electron chi connectivity index (χ4n) is 2.56. The number of rotatable bonds is 2. The van der Waals surface area contributed by atoms with Gasteiger partial charge in [-0.15, -0.1) is 0 Å². The van der Waals surface area contributed by atoms with Gasteiger partial charge in [0, 0.05) is 23.7 Å². The number of carbonyl (C=O) groups excluding carboxylic acids is 1. The molecule has 0 radical (unpaired) electrons. The van der Waals surface area contributed by atoms with Crippen LogP contribution in [0.3, 0.4) is 0 Å². The predicted molar refractivity (Wildman–Crippen MR) is 96.9 cm³/mol. The van der Waals surface area contributed by atoms with Gasteiger partial charge in [-0.3, -0.25) is 10.1 Å². The lowest BCUT2D eigenvalue weighted by molar-refractivity contribution is -0.141. The first kappa shape index (κ1) is 20.2. The molecule has 150 valence electrons. The monoisotopic (exact) mass is 414 g/mol. The molecule has 0 fully saturated rings. The van der Waals surface area contributed by atoms with Crippen LogP contribution >= 0.6 is 11.6 Å². The first-order chi connectivity index (χ1) is 12.9. The van der Waals surface area contributed by atoms with Gasteiger partial charge in [0.05, 0.1) is 12.2 Å². The van der Waals surface area contributed by atoms with Gasteiger partial charge in [0.1, 0.15) is 10.8 Å². The normalized spacial score (nSPS) is 14.6. The van der Waals surface area contributed by atoms with E-state index in [-0.39, 0.29) is 29.5 Å². The highest BCUT2D eigenvalue weighted by atomic mass is 35.5. The second kappa shape index (κ2) is 7.16. The molecule has 0 unspecified atom stereocenters.